The first-order chi connectivity index (χ1) is 10.2. The van der Waals surface area contributed by atoms with E-state index in [0.29, 0.717) is 22.4 Å². The van der Waals surface area contributed by atoms with Crippen LogP contribution in [0.3, 0.4) is 0 Å². The number of nitrogens with zero attached hydrogens (tertiary/aromatic N) is 2. The average Bonchev–Trinajstić information content (AvgIpc) is 2.95. The van der Waals surface area contributed by atoms with Gasteiger partial charge in [-0.15, -0.1) is 11.8 Å². The maximum atomic E-state index is 5.97. The molecule has 6 heteroatoms. The molecule has 2 N–H and O–H groups in total. The highest BCUT2D eigenvalue weighted by atomic mass is 35.5. The molecule has 0 radical (unpaired) electrons. The molecule has 2 heterocycles. The van der Waals surface area contributed by atoms with Gasteiger partial charge in [-0.1, -0.05) is 17.7 Å². The van der Waals surface area contributed by atoms with Crippen LogP contribution in [0.2, 0.25) is 5.02 Å². The second-order valence-electron chi connectivity index (χ2n) is 4.36. The molecule has 0 spiro atoms. The van der Waals surface area contributed by atoms with E-state index in [-0.39, 0.29) is 0 Å². The van der Waals surface area contributed by atoms with Crippen LogP contribution in [0.25, 0.3) is 11.5 Å². The summed E-state index contributed by atoms with van der Waals surface area (Å²) in [5.74, 6) is 1.24. The van der Waals surface area contributed by atoms with Crippen LogP contribution in [-0.2, 0) is 5.75 Å². The van der Waals surface area contributed by atoms with Crippen LogP contribution in [0, 0.1) is 0 Å². The van der Waals surface area contributed by atoms with Crippen LogP contribution in [0.4, 0.5) is 5.69 Å². The number of benzene rings is 1. The zero-order valence-electron chi connectivity index (χ0n) is 11.0. The monoisotopic (exact) mass is 317 g/mol. The van der Waals surface area contributed by atoms with E-state index in [2.05, 4.69) is 9.97 Å². The van der Waals surface area contributed by atoms with Crippen molar-refractivity contribution in [3.63, 3.8) is 0 Å². The lowest BCUT2D eigenvalue weighted by Crippen LogP contribution is -1.90. The first-order valence-corrected chi connectivity index (χ1v) is 7.61. The molecule has 1 aromatic carbocycles. The van der Waals surface area contributed by atoms with E-state index < -0.39 is 0 Å². The number of pyridine rings is 1. The fraction of sp³-hybridized carbons (Fsp3) is 0.0667. The van der Waals surface area contributed by atoms with Gasteiger partial charge in [-0.05, 0) is 24.3 Å². The van der Waals surface area contributed by atoms with Crippen LogP contribution in [0.1, 0.15) is 5.69 Å². The van der Waals surface area contributed by atoms with Gasteiger partial charge in [0.1, 0.15) is 6.26 Å². The molecule has 3 aromatic rings. The molecule has 0 bridgehead atoms. The second kappa shape index (κ2) is 6.20. The molecule has 106 valence electrons. The highest BCUT2D eigenvalue weighted by molar-refractivity contribution is 7.98. The summed E-state index contributed by atoms with van der Waals surface area (Å²) in [7, 11) is 0. The van der Waals surface area contributed by atoms with Gasteiger partial charge in [-0.3, -0.25) is 4.98 Å². The molecule has 0 saturated heterocycles. The second-order valence-corrected chi connectivity index (χ2v) is 5.81. The van der Waals surface area contributed by atoms with Gasteiger partial charge in [0.2, 0.25) is 5.89 Å². The van der Waals surface area contributed by atoms with Crippen LogP contribution in [-0.4, -0.2) is 9.97 Å². The molecular weight excluding hydrogens is 306 g/mol. The topological polar surface area (TPSA) is 64.9 Å². The standard InChI is InChI=1S/C15H12ClN3OS/c16-11-3-1-2-10(6-11)15-19-12(8-20-15)9-21-14-4-5-18-7-13(14)17/h1-8H,9,17H2. The summed E-state index contributed by atoms with van der Waals surface area (Å²) < 4.78 is 5.50. The zero-order valence-corrected chi connectivity index (χ0v) is 12.6. The molecule has 0 fully saturated rings. The van der Waals surface area contributed by atoms with Crippen LogP contribution < -0.4 is 5.73 Å². The van der Waals surface area contributed by atoms with E-state index in [0.717, 1.165) is 16.2 Å². The smallest absolute Gasteiger partial charge is 0.226 e. The minimum absolute atomic E-state index is 0.566. The first kappa shape index (κ1) is 14.0. The minimum atomic E-state index is 0.566. The van der Waals surface area contributed by atoms with E-state index in [1.165, 1.54) is 0 Å². The normalized spacial score (nSPS) is 10.7. The Kier molecular flexibility index (Phi) is 4.13. The van der Waals surface area contributed by atoms with Gasteiger partial charge in [0.25, 0.3) is 0 Å². The van der Waals surface area contributed by atoms with Crippen molar-refractivity contribution in [2.24, 2.45) is 0 Å². The number of nitrogens with two attached hydrogens (primary N) is 1. The lowest BCUT2D eigenvalue weighted by atomic mass is 10.2. The van der Waals surface area contributed by atoms with Gasteiger partial charge in [-0.2, -0.15) is 0 Å². The van der Waals surface area contributed by atoms with Gasteiger partial charge in [0.05, 0.1) is 17.6 Å². The summed E-state index contributed by atoms with van der Waals surface area (Å²) in [6, 6.07) is 9.31. The fourth-order valence-corrected chi connectivity index (χ4v) is 2.81. The molecular formula is C15H12ClN3OS. The molecule has 3 rings (SSSR count). The summed E-state index contributed by atoms with van der Waals surface area (Å²) in [6.45, 7) is 0. The highest BCUT2D eigenvalue weighted by Gasteiger charge is 2.08. The number of hydrogen-bond donors (Lipinski definition) is 1. The van der Waals surface area contributed by atoms with Crippen molar-refractivity contribution in [2.45, 2.75) is 10.6 Å². The third-order valence-corrected chi connectivity index (χ3v) is 4.17. The van der Waals surface area contributed by atoms with E-state index in [1.807, 2.05) is 30.3 Å². The quantitative estimate of drug-likeness (QED) is 0.728. The molecule has 0 atom stereocenters. The molecule has 2 aromatic heterocycles. The van der Waals surface area contributed by atoms with Gasteiger partial charge in [0.15, 0.2) is 0 Å². The number of thioether (sulfide) groups is 1. The van der Waals surface area contributed by atoms with Crippen molar-refractivity contribution < 1.29 is 4.42 Å². The summed E-state index contributed by atoms with van der Waals surface area (Å²) in [5, 5.41) is 0.659. The number of rotatable bonds is 4. The van der Waals surface area contributed by atoms with Crippen molar-refractivity contribution in [3.05, 3.63) is 59.7 Å². The SMILES string of the molecule is Nc1cnccc1SCc1coc(-c2cccc(Cl)c2)n1. The Labute approximate surface area is 131 Å². The van der Waals surface area contributed by atoms with Crippen LogP contribution >= 0.6 is 23.4 Å². The number of oxazole rings is 1. The lowest BCUT2D eigenvalue weighted by Gasteiger charge is -2.01. The van der Waals surface area contributed by atoms with Gasteiger partial charge in [0, 0.05) is 27.4 Å². The fourth-order valence-electron chi connectivity index (χ4n) is 1.80. The molecule has 0 saturated carbocycles. The van der Waals surface area contributed by atoms with Crippen LogP contribution in [0.5, 0.6) is 0 Å². The Morgan fingerprint density at radius 3 is 3.00 bits per heavy atom. The number of nitrogen functional groups attached to an aromatic ring is 1. The Morgan fingerprint density at radius 2 is 2.19 bits per heavy atom. The molecule has 0 unspecified atom stereocenters. The molecule has 0 aliphatic carbocycles. The van der Waals surface area contributed by atoms with E-state index in [1.54, 1.807) is 30.4 Å². The highest BCUT2D eigenvalue weighted by Crippen LogP contribution is 2.28. The van der Waals surface area contributed by atoms with Crippen molar-refractivity contribution in [2.75, 3.05) is 5.73 Å². The first-order valence-electron chi connectivity index (χ1n) is 6.25. The van der Waals surface area contributed by atoms with Crippen LogP contribution in [0.15, 0.2) is 58.3 Å². The third-order valence-electron chi connectivity index (χ3n) is 2.81. The van der Waals surface area contributed by atoms with E-state index in [4.69, 9.17) is 21.8 Å². The lowest BCUT2D eigenvalue weighted by molar-refractivity contribution is 0.573. The van der Waals surface area contributed by atoms with Crippen molar-refractivity contribution in [1.82, 2.24) is 9.97 Å². The maximum absolute atomic E-state index is 5.97. The predicted octanol–water partition coefficient (Wildman–Crippen LogP) is 4.26. The number of aromatic nitrogens is 2. The van der Waals surface area contributed by atoms with E-state index in [9.17, 15) is 0 Å². The largest absolute Gasteiger partial charge is 0.444 e. The van der Waals surface area contributed by atoms with Crippen molar-refractivity contribution >= 4 is 29.1 Å². The minimum Gasteiger partial charge on any atom is -0.444 e. The van der Waals surface area contributed by atoms with E-state index >= 15 is 0 Å². The summed E-state index contributed by atoms with van der Waals surface area (Å²) >= 11 is 7.57. The Morgan fingerprint density at radius 1 is 1.29 bits per heavy atom. The zero-order chi connectivity index (χ0) is 14.7. The average molecular weight is 318 g/mol. The molecule has 0 aliphatic rings. The third kappa shape index (κ3) is 3.37. The summed E-state index contributed by atoms with van der Waals surface area (Å²) in [5.41, 5.74) is 8.24. The van der Waals surface area contributed by atoms with Gasteiger partial charge < -0.3 is 10.2 Å². The number of hydrogen-bond acceptors (Lipinski definition) is 5. The van der Waals surface area contributed by atoms with Crippen molar-refractivity contribution in [3.8, 4) is 11.5 Å². The Balaban J connectivity index is 1.72. The van der Waals surface area contributed by atoms with Gasteiger partial charge in [-0.25, -0.2) is 4.98 Å². The molecule has 4 nitrogen and oxygen atoms in total. The number of halogens is 1. The molecule has 0 amide bonds. The Bertz CT molecular complexity index is 760. The number of anilines is 1. The maximum Gasteiger partial charge on any atom is 0.226 e. The summed E-state index contributed by atoms with van der Waals surface area (Å²) in [6.07, 6.45) is 5.02. The summed E-state index contributed by atoms with van der Waals surface area (Å²) in [4.78, 5) is 9.41. The predicted molar refractivity (Wildman–Crippen MR) is 85.2 cm³/mol. The molecule has 21 heavy (non-hydrogen) atoms. The Hall–Kier alpha value is -1.98. The molecule has 0 aliphatic heterocycles. The van der Waals surface area contributed by atoms with Crippen molar-refractivity contribution in [1.29, 1.82) is 0 Å². The van der Waals surface area contributed by atoms with Gasteiger partial charge >= 0.3 is 0 Å².